The molecule has 1 fully saturated rings. The molecule has 174 valence electrons. The van der Waals surface area contributed by atoms with E-state index >= 15 is 0 Å². The first-order valence-corrected chi connectivity index (χ1v) is 11.5. The summed E-state index contributed by atoms with van der Waals surface area (Å²) in [6, 6.07) is 12.7. The van der Waals surface area contributed by atoms with Crippen LogP contribution in [0.5, 0.6) is 0 Å². The van der Waals surface area contributed by atoms with E-state index in [0.717, 1.165) is 61.3 Å². The van der Waals surface area contributed by atoms with Crippen LogP contribution < -0.4 is 5.32 Å². The van der Waals surface area contributed by atoms with E-state index in [9.17, 15) is 9.18 Å². The highest BCUT2D eigenvalue weighted by molar-refractivity contribution is 5.75. The minimum atomic E-state index is -0.398. The van der Waals surface area contributed by atoms with Gasteiger partial charge in [0.05, 0.1) is 29.2 Å². The molecule has 1 saturated heterocycles. The molecule has 1 aliphatic rings. The van der Waals surface area contributed by atoms with Gasteiger partial charge in [0.25, 0.3) is 0 Å². The minimum Gasteiger partial charge on any atom is -0.384 e. The van der Waals surface area contributed by atoms with Crippen LogP contribution in [0.1, 0.15) is 35.4 Å². The van der Waals surface area contributed by atoms with Crippen LogP contribution in [-0.2, 0) is 17.9 Å². The SMILES string of the molecule is Cc1ccc2nc(CN3CCC(/C(=C/C=C\C=O)NCc4ccc(C#N)cc4F)CC3)[nH]c2c1. The van der Waals surface area contributed by atoms with Gasteiger partial charge in [0.1, 0.15) is 17.9 Å². The third kappa shape index (κ3) is 5.77. The maximum absolute atomic E-state index is 14.3. The van der Waals surface area contributed by atoms with Crippen molar-refractivity contribution < 1.29 is 9.18 Å². The molecule has 0 saturated carbocycles. The molecule has 1 aliphatic heterocycles. The number of imidazole rings is 1. The molecule has 3 aromatic rings. The number of nitrogens with zero attached hydrogens (tertiary/aromatic N) is 3. The number of rotatable bonds is 8. The quantitative estimate of drug-likeness (QED) is 0.295. The van der Waals surface area contributed by atoms with Gasteiger partial charge < -0.3 is 10.3 Å². The van der Waals surface area contributed by atoms with Crippen LogP contribution in [0.15, 0.2) is 60.3 Å². The lowest BCUT2D eigenvalue weighted by molar-refractivity contribution is -0.104. The van der Waals surface area contributed by atoms with Gasteiger partial charge in [0, 0.05) is 23.7 Å². The Bertz CT molecular complexity index is 1260. The van der Waals surface area contributed by atoms with Crippen LogP contribution in [0.25, 0.3) is 11.0 Å². The lowest BCUT2D eigenvalue weighted by Crippen LogP contribution is -2.36. The third-order valence-corrected chi connectivity index (χ3v) is 6.22. The van der Waals surface area contributed by atoms with E-state index in [4.69, 9.17) is 10.2 Å². The summed E-state index contributed by atoms with van der Waals surface area (Å²) >= 11 is 0. The summed E-state index contributed by atoms with van der Waals surface area (Å²) in [5, 5.41) is 12.3. The Labute approximate surface area is 198 Å². The number of allylic oxidation sites excluding steroid dienone is 4. The summed E-state index contributed by atoms with van der Waals surface area (Å²) in [5.74, 6) is 0.857. The molecular weight excluding hydrogens is 429 g/mol. The van der Waals surface area contributed by atoms with Crippen LogP contribution in [0.4, 0.5) is 4.39 Å². The molecule has 2 aromatic carbocycles. The first-order chi connectivity index (χ1) is 16.6. The molecular formula is C27H28FN5O. The normalized spacial score (nSPS) is 15.6. The second-order valence-corrected chi connectivity index (χ2v) is 8.67. The number of nitriles is 1. The fraction of sp³-hybridized carbons (Fsp3) is 0.296. The lowest BCUT2D eigenvalue weighted by atomic mass is 9.92. The number of likely N-dealkylation sites (tertiary alicyclic amines) is 1. The van der Waals surface area contributed by atoms with Gasteiger partial charge in [-0.25, -0.2) is 9.37 Å². The first kappa shape index (κ1) is 23.4. The lowest BCUT2D eigenvalue weighted by Gasteiger charge is -2.33. The van der Waals surface area contributed by atoms with Crippen LogP contribution in [0.2, 0.25) is 0 Å². The highest BCUT2D eigenvalue weighted by Gasteiger charge is 2.23. The van der Waals surface area contributed by atoms with Crippen molar-refractivity contribution in [1.29, 1.82) is 5.26 Å². The fourth-order valence-corrected chi connectivity index (χ4v) is 4.37. The monoisotopic (exact) mass is 457 g/mol. The Hall–Kier alpha value is -3.76. The van der Waals surface area contributed by atoms with Crippen molar-refractivity contribution in [3.05, 3.63) is 88.7 Å². The molecule has 2 heterocycles. The van der Waals surface area contributed by atoms with Crippen LogP contribution >= 0.6 is 0 Å². The van der Waals surface area contributed by atoms with E-state index in [1.165, 1.54) is 17.7 Å². The number of H-pyrrole nitrogens is 1. The largest absolute Gasteiger partial charge is 0.384 e. The molecule has 0 spiro atoms. The Kier molecular flexibility index (Phi) is 7.51. The second kappa shape index (κ2) is 10.9. The van der Waals surface area contributed by atoms with E-state index in [1.807, 2.05) is 18.2 Å². The number of hydrogen-bond donors (Lipinski definition) is 2. The molecule has 2 N–H and O–H groups in total. The van der Waals surface area contributed by atoms with Crippen molar-refractivity contribution in [2.24, 2.45) is 5.92 Å². The summed E-state index contributed by atoms with van der Waals surface area (Å²) in [6.45, 7) is 5.00. The number of carbonyl (C=O) groups excluding carboxylic acids is 1. The molecule has 7 heteroatoms. The number of carbonyl (C=O) groups is 1. The molecule has 0 atom stereocenters. The third-order valence-electron chi connectivity index (χ3n) is 6.22. The Morgan fingerprint density at radius 2 is 2.09 bits per heavy atom. The average Bonchev–Trinajstić information content (AvgIpc) is 3.23. The highest BCUT2D eigenvalue weighted by atomic mass is 19.1. The molecule has 34 heavy (non-hydrogen) atoms. The average molecular weight is 458 g/mol. The van der Waals surface area contributed by atoms with Gasteiger partial charge in [0.15, 0.2) is 0 Å². The van der Waals surface area contributed by atoms with Crippen molar-refractivity contribution in [3.8, 4) is 6.07 Å². The maximum Gasteiger partial charge on any atom is 0.142 e. The van der Waals surface area contributed by atoms with E-state index in [-0.39, 0.29) is 5.92 Å². The summed E-state index contributed by atoms with van der Waals surface area (Å²) < 4.78 is 14.3. The van der Waals surface area contributed by atoms with Crippen molar-refractivity contribution in [2.45, 2.75) is 32.9 Å². The van der Waals surface area contributed by atoms with Gasteiger partial charge in [0.2, 0.25) is 0 Å². The molecule has 0 bridgehead atoms. The van der Waals surface area contributed by atoms with Gasteiger partial charge in [-0.05, 0) is 74.8 Å². The van der Waals surface area contributed by atoms with E-state index in [2.05, 4.69) is 34.3 Å². The molecule has 0 aliphatic carbocycles. The first-order valence-electron chi connectivity index (χ1n) is 11.5. The fourth-order valence-electron chi connectivity index (χ4n) is 4.37. The number of benzene rings is 2. The second-order valence-electron chi connectivity index (χ2n) is 8.67. The van der Waals surface area contributed by atoms with Crippen LogP contribution in [0, 0.1) is 30.0 Å². The van der Waals surface area contributed by atoms with Crippen molar-refractivity contribution in [2.75, 3.05) is 13.1 Å². The topological polar surface area (TPSA) is 84.8 Å². The number of aldehydes is 1. The van der Waals surface area contributed by atoms with Gasteiger partial charge in [-0.1, -0.05) is 18.2 Å². The van der Waals surface area contributed by atoms with E-state index < -0.39 is 5.82 Å². The number of fused-ring (bicyclic) bond motifs is 1. The van der Waals surface area contributed by atoms with E-state index in [0.29, 0.717) is 17.7 Å². The van der Waals surface area contributed by atoms with Crippen molar-refractivity contribution in [3.63, 3.8) is 0 Å². The minimum absolute atomic E-state index is 0.285. The standard InChI is InChI=1S/C27H28FN5O/c1-19-5-8-25-26(14-19)32-27(31-25)18-33-11-9-21(10-12-33)24(4-2-3-13-34)30-17-22-7-6-20(16-29)15-23(22)28/h2-8,13-15,21,30H,9-12,17-18H2,1H3,(H,31,32)/b3-2-,24-4-. The summed E-state index contributed by atoms with van der Waals surface area (Å²) in [6.07, 6.45) is 7.70. The Morgan fingerprint density at radius 1 is 1.26 bits per heavy atom. The predicted molar refractivity (Wildman–Crippen MR) is 130 cm³/mol. The zero-order chi connectivity index (χ0) is 23.9. The number of halogens is 1. The Balaban J connectivity index is 1.38. The van der Waals surface area contributed by atoms with Gasteiger partial charge in [-0.3, -0.25) is 9.69 Å². The van der Waals surface area contributed by atoms with E-state index in [1.54, 1.807) is 18.2 Å². The van der Waals surface area contributed by atoms with Crippen LogP contribution in [0.3, 0.4) is 0 Å². The summed E-state index contributed by atoms with van der Waals surface area (Å²) in [7, 11) is 0. The number of aromatic amines is 1. The molecule has 4 rings (SSSR count). The molecule has 6 nitrogen and oxygen atoms in total. The molecule has 1 aromatic heterocycles. The summed E-state index contributed by atoms with van der Waals surface area (Å²) in [5.41, 5.74) is 5.05. The van der Waals surface area contributed by atoms with Gasteiger partial charge in [-0.2, -0.15) is 5.26 Å². The molecule has 0 amide bonds. The maximum atomic E-state index is 14.3. The number of piperidine rings is 1. The highest BCUT2D eigenvalue weighted by Crippen LogP contribution is 2.25. The number of nitrogens with one attached hydrogen (secondary N) is 2. The van der Waals surface area contributed by atoms with Gasteiger partial charge in [-0.15, -0.1) is 0 Å². The van der Waals surface area contributed by atoms with Crippen molar-refractivity contribution >= 4 is 17.3 Å². The Morgan fingerprint density at radius 3 is 2.82 bits per heavy atom. The zero-order valence-electron chi connectivity index (χ0n) is 19.2. The predicted octanol–water partition coefficient (Wildman–Crippen LogP) is 4.52. The number of aromatic nitrogens is 2. The van der Waals surface area contributed by atoms with Crippen LogP contribution in [-0.4, -0.2) is 34.2 Å². The van der Waals surface area contributed by atoms with Gasteiger partial charge >= 0.3 is 0 Å². The summed E-state index contributed by atoms with van der Waals surface area (Å²) in [4.78, 5) is 21.3. The van der Waals surface area contributed by atoms with Crippen molar-refractivity contribution in [1.82, 2.24) is 20.2 Å². The smallest absolute Gasteiger partial charge is 0.142 e. The molecule has 0 unspecified atom stereocenters. The molecule has 0 radical (unpaired) electrons. The zero-order valence-corrected chi connectivity index (χ0v) is 19.2. The number of hydrogen-bond acceptors (Lipinski definition) is 5. The number of aryl methyl sites for hydroxylation is 1.